The van der Waals surface area contributed by atoms with Gasteiger partial charge >= 0.3 is 0 Å². The van der Waals surface area contributed by atoms with Crippen molar-refractivity contribution in [3.8, 4) is 6.07 Å². The van der Waals surface area contributed by atoms with Crippen molar-refractivity contribution in [3.63, 3.8) is 0 Å². The Balaban J connectivity index is 2.16. The molecule has 0 radical (unpaired) electrons. The molecule has 1 N–H and O–H groups in total. The number of aryl methyl sites for hydroxylation is 1. The number of nitrogens with zero attached hydrogens (tertiary/aromatic N) is 1. The highest BCUT2D eigenvalue weighted by molar-refractivity contribution is 5.34. The monoisotopic (exact) mass is 255 g/mol. The van der Waals surface area contributed by atoms with Crippen LogP contribution in [0.4, 0.5) is 4.39 Å². The summed E-state index contributed by atoms with van der Waals surface area (Å²) in [7, 11) is 0. The Bertz CT molecular complexity index is 614. The normalized spacial score (nSPS) is 11.9. The Hall–Kier alpha value is -2.18. The average molecular weight is 255 g/mol. The van der Waals surface area contributed by atoms with Crippen LogP contribution in [0.5, 0.6) is 0 Å². The van der Waals surface area contributed by atoms with E-state index < -0.39 is 6.10 Å². The first kappa shape index (κ1) is 13.3. The summed E-state index contributed by atoms with van der Waals surface area (Å²) in [6.07, 6.45) is -0.227. The predicted molar refractivity (Wildman–Crippen MR) is 71.0 cm³/mol. The smallest absolute Gasteiger partial charge is 0.123 e. The minimum atomic E-state index is -0.656. The van der Waals surface area contributed by atoms with Crippen molar-refractivity contribution in [1.29, 1.82) is 5.26 Å². The van der Waals surface area contributed by atoms with E-state index in [0.717, 1.165) is 16.7 Å². The minimum Gasteiger partial charge on any atom is -0.388 e. The van der Waals surface area contributed by atoms with Crippen LogP contribution in [0.25, 0.3) is 0 Å². The van der Waals surface area contributed by atoms with Crippen molar-refractivity contribution in [2.24, 2.45) is 0 Å². The Labute approximate surface area is 111 Å². The van der Waals surface area contributed by atoms with E-state index >= 15 is 0 Å². The van der Waals surface area contributed by atoms with E-state index in [0.29, 0.717) is 12.0 Å². The van der Waals surface area contributed by atoms with Crippen molar-refractivity contribution >= 4 is 0 Å². The third-order valence-electron chi connectivity index (χ3n) is 3.14. The zero-order valence-corrected chi connectivity index (χ0v) is 10.6. The maximum absolute atomic E-state index is 13.0. The molecule has 1 atom stereocenters. The van der Waals surface area contributed by atoms with Gasteiger partial charge in [0.25, 0.3) is 0 Å². The topological polar surface area (TPSA) is 44.0 Å². The number of halogens is 1. The molecule has 96 valence electrons. The molecule has 0 aliphatic carbocycles. The van der Waals surface area contributed by atoms with E-state index in [-0.39, 0.29) is 5.82 Å². The molecule has 0 fully saturated rings. The lowest BCUT2D eigenvalue weighted by Crippen LogP contribution is -2.03. The highest BCUT2D eigenvalue weighted by Crippen LogP contribution is 2.21. The van der Waals surface area contributed by atoms with Crippen molar-refractivity contribution in [2.45, 2.75) is 19.4 Å². The summed E-state index contributed by atoms with van der Waals surface area (Å²) >= 11 is 0. The van der Waals surface area contributed by atoms with E-state index in [1.54, 1.807) is 30.3 Å². The quantitative estimate of drug-likeness (QED) is 0.914. The van der Waals surface area contributed by atoms with Gasteiger partial charge in [-0.15, -0.1) is 0 Å². The molecule has 0 amide bonds. The first-order chi connectivity index (χ1) is 9.10. The van der Waals surface area contributed by atoms with Gasteiger partial charge in [-0.1, -0.05) is 18.2 Å². The van der Waals surface area contributed by atoms with Gasteiger partial charge in [-0.25, -0.2) is 4.39 Å². The molecule has 0 saturated carbocycles. The van der Waals surface area contributed by atoms with Crippen LogP contribution in [0.2, 0.25) is 0 Å². The van der Waals surface area contributed by atoms with Crippen molar-refractivity contribution in [2.75, 3.05) is 0 Å². The Morgan fingerprint density at radius 1 is 1.21 bits per heavy atom. The first-order valence-corrected chi connectivity index (χ1v) is 6.03. The molecule has 2 aromatic carbocycles. The number of aliphatic hydroxyl groups is 1. The second-order valence-electron chi connectivity index (χ2n) is 4.52. The van der Waals surface area contributed by atoms with Gasteiger partial charge in [-0.2, -0.15) is 5.26 Å². The SMILES string of the molecule is Cc1cc(F)ccc1CC(O)c1ccc(C#N)cc1. The molecule has 0 bridgehead atoms. The summed E-state index contributed by atoms with van der Waals surface area (Å²) in [6, 6.07) is 13.4. The van der Waals surface area contributed by atoms with Gasteiger partial charge in [-0.05, 0) is 47.9 Å². The van der Waals surface area contributed by atoms with Crippen molar-refractivity contribution in [3.05, 3.63) is 70.5 Å². The molecule has 0 spiro atoms. The lowest BCUT2D eigenvalue weighted by molar-refractivity contribution is 0.178. The molecule has 19 heavy (non-hydrogen) atoms. The molecule has 2 nitrogen and oxygen atoms in total. The van der Waals surface area contributed by atoms with E-state index in [1.165, 1.54) is 12.1 Å². The number of nitriles is 1. The number of hydrogen-bond acceptors (Lipinski definition) is 2. The Morgan fingerprint density at radius 3 is 2.47 bits per heavy atom. The van der Waals surface area contributed by atoms with E-state index in [4.69, 9.17) is 5.26 Å². The molecule has 0 aliphatic rings. The molecule has 3 heteroatoms. The summed E-state index contributed by atoms with van der Waals surface area (Å²) in [5, 5.41) is 18.9. The van der Waals surface area contributed by atoms with Crippen LogP contribution in [0.3, 0.4) is 0 Å². The third-order valence-corrected chi connectivity index (χ3v) is 3.14. The van der Waals surface area contributed by atoms with Gasteiger partial charge in [0.05, 0.1) is 17.7 Å². The summed E-state index contributed by atoms with van der Waals surface area (Å²) < 4.78 is 13.0. The molecule has 0 aromatic heterocycles. The molecule has 2 rings (SSSR count). The van der Waals surface area contributed by atoms with Gasteiger partial charge < -0.3 is 5.11 Å². The molecule has 1 unspecified atom stereocenters. The van der Waals surface area contributed by atoms with Crippen molar-refractivity contribution in [1.82, 2.24) is 0 Å². The van der Waals surface area contributed by atoms with Crippen molar-refractivity contribution < 1.29 is 9.50 Å². The highest BCUT2D eigenvalue weighted by atomic mass is 19.1. The number of aliphatic hydroxyl groups excluding tert-OH is 1. The fourth-order valence-corrected chi connectivity index (χ4v) is 1.99. The van der Waals surface area contributed by atoms with Crippen LogP contribution in [0, 0.1) is 24.1 Å². The largest absolute Gasteiger partial charge is 0.388 e. The lowest BCUT2D eigenvalue weighted by atomic mass is 9.97. The zero-order chi connectivity index (χ0) is 13.8. The molecular weight excluding hydrogens is 241 g/mol. The number of rotatable bonds is 3. The third kappa shape index (κ3) is 3.18. The van der Waals surface area contributed by atoms with Crippen LogP contribution >= 0.6 is 0 Å². The first-order valence-electron chi connectivity index (χ1n) is 6.03. The average Bonchev–Trinajstić information content (AvgIpc) is 2.42. The molecule has 0 aliphatic heterocycles. The Kier molecular flexibility index (Phi) is 3.94. The summed E-state index contributed by atoms with van der Waals surface area (Å²) in [5.41, 5.74) is 3.06. The second kappa shape index (κ2) is 5.64. The highest BCUT2D eigenvalue weighted by Gasteiger charge is 2.10. The van der Waals surface area contributed by atoms with Gasteiger partial charge in [-0.3, -0.25) is 0 Å². The van der Waals surface area contributed by atoms with Crippen LogP contribution in [0.1, 0.15) is 28.4 Å². The maximum Gasteiger partial charge on any atom is 0.123 e. The van der Waals surface area contributed by atoms with Gasteiger partial charge in [0.15, 0.2) is 0 Å². The van der Waals surface area contributed by atoms with Crippen LogP contribution in [-0.2, 0) is 6.42 Å². The maximum atomic E-state index is 13.0. The van der Waals surface area contributed by atoms with Crippen LogP contribution in [0.15, 0.2) is 42.5 Å². The lowest BCUT2D eigenvalue weighted by Gasteiger charge is -2.13. The fraction of sp³-hybridized carbons (Fsp3) is 0.188. The summed E-state index contributed by atoms with van der Waals surface area (Å²) in [4.78, 5) is 0. The van der Waals surface area contributed by atoms with Crippen LogP contribution in [-0.4, -0.2) is 5.11 Å². The summed E-state index contributed by atoms with van der Waals surface area (Å²) in [6.45, 7) is 1.82. The van der Waals surface area contributed by atoms with Gasteiger partial charge in [0, 0.05) is 6.42 Å². The van der Waals surface area contributed by atoms with Gasteiger partial charge in [0.2, 0.25) is 0 Å². The van der Waals surface area contributed by atoms with E-state index in [9.17, 15) is 9.50 Å². The van der Waals surface area contributed by atoms with E-state index in [2.05, 4.69) is 0 Å². The van der Waals surface area contributed by atoms with E-state index in [1.807, 2.05) is 13.0 Å². The standard InChI is InChI=1S/C16H14FNO/c1-11-8-15(17)7-6-14(11)9-16(19)13-4-2-12(10-18)3-5-13/h2-8,16,19H,9H2,1H3. The molecule has 0 saturated heterocycles. The molecule has 0 heterocycles. The fourth-order valence-electron chi connectivity index (χ4n) is 1.99. The predicted octanol–water partition coefficient (Wildman–Crippen LogP) is 3.28. The number of hydrogen-bond donors (Lipinski definition) is 1. The minimum absolute atomic E-state index is 0.269. The molecule has 2 aromatic rings. The van der Waals surface area contributed by atoms with Gasteiger partial charge in [0.1, 0.15) is 5.82 Å². The summed E-state index contributed by atoms with van der Waals surface area (Å²) in [5.74, 6) is -0.269. The zero-order valence-electron chi connectivity index (χ0n) is 10.6. The molecular formula is C16H14FNO. The number of benzene rings is 2. The Morgan fingerprint density at radius 2 is 1.89 bits per heavy atom. The van der Waals surface area contributed by atoms with Crippen LogP contribution < -0.4 is 0 Å². The second-order valence-corrected chi connectivity index (χ2v) is 4.52.